The fourth-order valence-corrected chi connectivity index (χ4v) is 3.01. The van der Waals surface area contributed by atoms with E-state index in [-0.39, 0.29) is 11.7 Å². The second-order valence-corrected chi connectivity index (χ2v) is 6.38. The van der Waals surface area contributed by atoms with Crippen molar-refractivity contribution in [1.29, 1.82) is 0 Å². The maximum absolute atomic E-state index is 13.1. The van der Waals surface area contributed by atoms with Crippen LogP contribution in [0.2, 0.25) is 0 Å². The average Bonchev–Trinajstić information content (AvgIpc) is 3.03. The lowest BCUT2D eigenvalue weighted by Gasteiger charge is -2.24. The molecule has 0 aliphatic heterocycles. The van der Waals surface area contributed by atoms with E-state index in [0.717, 1.165) is 22.0 Å². The smallest absolute Gasteiger partial charge is 0.287 e. The predicted octanol–water partition coefficient (Wildman–Crippen LogP) is 3.12. The number of rotatable bonds is 6. The summed E-state index contributed by atoms with van der Waals surface area (Å²) < 4.78 is 18.8. The number of quaternary nitrogens is 1. The van der Waals surface area contributed by atoms with E-state index < -0.39 is 6.04 Å². The Kier molecular flexibility index (Phi) is 5.49. The third-order valence-electron chi connectivity index (χ3n) is 4.25. The van der Waals surface area contributed by atoms with Crippen molar-refractivity contribution in [2.45, 2.75) is 19.5 Å². The van der Waals surface area contributed by atoms with Crippen molar-refractivity contribution in [1.82, 2.24) is 0 Å². The zero-order valence-corrected chi connectivity index (χ0v) is 14.8. The van der Waals surface area contributed by atoms with E-state index in [4.69, 9.17) is 4.42 Å². The first-order valence-electron chi connectivity index (χ1n) is 8.52. The number of hydrogen-bond acceptors (Lipinski definition) is 2. The van der Waals surface area contributed by atoms with Gasteiger partial charge in [-0.1, -0.05) is 30.3 Å². The maximum Gasteiger partial charge on any atom is 0.287 e. The molecule has 1 amide bonds. The highest BCUT2D eigenvalue weighted by Crippen LogP contribution is 2.15. The van der Waals surface area contributed by atoms with E-state index >= 15 is 0 Å². The Hall–Kier alpha value is -2.92. The average molecular weight is 353 g/mol. The number of benzene rings is 2. The fourth-order valence-electron chi connectivity index (χ4n) is 3.01. The number of likely N-dealkylation sites (N-methyl/N-ethyl adjacent to an activating group) is 1. The Morgan fingerprint density at radius 2 is 1.77 bits per heavy atom. The minimum absolute atomic E-state index is 0.149. The van der Waals surface area contributed by atoms with Gasteiger partial charge in [-0.05, 0) is 43.3 Å². The quantitative estimate of drug-likeness (QED) is 0.715. The van der Waals surface area contributed by atoms with E-state index in [2.05, 4.69) is 5.32 Å². The van der Waals surface area contributed by atoms with Crippen LogP contribution in [0.4, 0.5) is 10.1 Å². The highest BCUT2D eigenvalue weighted by atomic mass is 19.1. The molecule has 0 fully saturated rings. The van der Waals surface area contributed by atoms with Crippen molar-refractivity contribution >= 4 is 11.6 Å². The Labute approximate surface area is 152 Å². The zero-order valence-electron chi connectivity index (χ0n) is 14.8. The van der Waals surface area contributed by atoms with Gasteiger partial charge in [-0.2, -0.15) is 0 Å². The van der Waals surface area contributed by atoms with Crippen molar-refractivity contribution < 1.29 is 18.5 Å². The fraction of sp³-hybridized carbons (Fsp3) is 0.190. The molecule has 1 unspecified atom stereocenters. The van der Waals surface area contributed by atoms with E-state index in [9.17, 15) is 9.18 Å². The highest BCUT2D eigenvalue weighted by molar-refractivity contribution is 5.94. The summed E-state index contributed by atoms with van der Waals surface area (Å²) >= 11 is 0. The van der Waals surface area contributed by atoms with Crippen molar-refractivity contribution in [3.8, 4) is 0 Å². The van der Waals surface area contributed by atoms with E-state index in [1.807, 2.05) is 56.4 Å². The Morgan fingerprint density at radius 1 is 1.08 bits per heavy atom. The highest BCUT2D eigenvalue weighted by Gasteiger charge is 2.29. The van der Waals surface area contributed by atoms with Gasteiger partial charge in [0, 0.05) is 11.3 Å². The largest absolute Gasteiger partial charge is 0.460 e. The third-order valence-corrected chi connectivity index (χ3v) is 4.25. The first kappa shape index (κ1) is 17.9. The number of hydrogen-bond donors (Lipinski definition) is 2. The molecule has 3 aromatic rings. The van der Waals surface area contributed by atoms with Gasteiger partial charge in [-0.3, -0.25) is 4.79 Å². The molecule has 0 saturated carbocycles. The van der Waals surface area contributed by atoms with Gasteiger partial charge < -0.3 is 14.6 Å². The lowest BCUT2D eigenvalue weighted by Crippen LogP contribution is -3.09. The van der Waals surface area contributed by atoms with Crippen LogP contribution >= 0.6 is 0 Å². The van der Waals surface area contributed by atoms with E-state index in [1.54, 1.807) is 12.1 Å². The molecule has 0 saturated heterocycles. The number of nitrogens with one attached hydrogen (secondary N) is 2. The van der Waals surface area contributed by atoms with E-state index in [0.29, 0.717) is 12.2 Å². The second kappa shape index (κ2) is 7.97. The third kappa shape index (κ3) is 4.37. The number of halogens is 1. The first-order chi connectivity index (χ1) is 12.5. The van der Waals surface area contributed by atoms with Gasteiger partial charge in [0.2, 0.25) is 0 Å². The Morgan fingerprint density at radius 3 is 2.38 bits per heavy atom. The molecule has 4 nitrogen and oxygen atoms in total. The van der Waals surface area contributed by atoms with Crippen LogP contribution in [0.15, 0.2) is 71.1 Å². The van der Waals surface area contributed by atoms with Crippen molar-refractivity contribution in [2.75, 3.05) is 12.4 Å². The predicted molar refractivity (Wildman–Crippen MR) is 98.2 cm³/mol. The summed E-state index contributed by atoms with van der Waals surface area (Å²) in [6, 6.07) is 18.8. The molecule has 0 bridgehead atoms. The normalized spacial score (nSPS) is 13.2. The molecule has 1 heterocycles. The standard InChI is InChI=1S/C21H21FN2O2/c1-15-8-13-19(26-15)14-24(2)20(16-6-4-3-5-7-16)21(25)23-18-11-9-17(22)10-12-18/h3-13,20H,14H2,1-2H3,(H,23,25)/p+1/t20-/m0/s1. The molecule has 5 heteroatoms. The van der Waals surface area contributed by atoms with Gasteiger partial charge in [0.25, 0.3) is 5.91 Å². The molecular formula is C21H22FN2O2+. The summed E-state index contributed by atoms with van der Waals surface area (Å²) in [5.74, 6) is 1.19. The van der Waals surface area contributed by atoms with Crippen LogP contribution in [-0.2, 0) is 11.3 Å². The summed E-state index contributed by atoms with van der Waals surface area (Å²) in [7, 11) is 1.96. The minimum atomic E-state index is -0.424. The lowest BCUT2D eigenvalue weighted by molar-refractivity contribution is -0.916. The number of carbonyl (C=O) groups excluding carboxylic acids is 1. The van der Waals surface area contributed by atoms with Crippen LogP contribution in [0.1, 0.15) is 23.1 Å². The molecule has 2 aromatic carbocycles. The molecule has 2 atom stereocenters. The van der Waals surface area contributed by atoms with Crippen LogP contribution in [0.3, 0.4) is 0 Å². The summed E-state index contributed by atoms with van der Waals surface area (Å²) in [4.78, 5) is 14.0. The van der Waals surface area contributed by atoms with Crippen LogP contribution in [0.5, 0.6) is 0 Å². The molecule has 26 heavy (non-hydrogen) atoms. The molecule has 0 spiro atoms. The van der Waals surface area contributed by atoms with Gasteiger partial charge in [0.15, 0.2) is 11.8 Å². The number of aryl methyl sites for hydroxylation is 1. The summed E-state index contributed by atoms with van der Waals surface area (Å²) in [6.45, 7) is 2.47. The number of anilines is 1. The number of furan rings is 1. The topological polar surface area (TPSA) is 46.7 Å². The van der Waals surface area contributed by atoms with Crippen LogP contribution in [0, 0.1) is 12.7 Å². The Balaban J connectivity index is 1.82. The molecule has 0 aliphatic rings. The van der Waals surface area contributed by atoms with Crippen LogP contribution in [0.25, 0.3) is 0 Å². The SMILES string of the molecule is Cc1ccc(C[NH+](C)[C@H](C(=O)Nc2ccc(F)cc2)c2ccccc2)o1. The molecule has 0 radical (unpaired) electrons. The molecule has 2 N–H and O–H groups in total. The lowest BCUT2D eigenvalue weighted by atomic mass is 10.0. The summed E-state index contributed by atoms with van der Waals surface area (Å²) in [6.07, 6.45) is 0. The first-order valence-corrected chi connectivity index (χ1v) is 8.52. The monoisotopic (exact) mass is 353 g/mol. The molecular weight excluding hydrogens is 331 g/mol. The summed E-state index contributed by atoms with van der Waals surface area (Å²) in [5, 5.41) is 2.88. The summed E-state index contributed by atoms with van der Waals surface area (Å²) in [5.41, 5.74) is 1.48. The Bertz CT molecular complexity index is 859. The number of amides is 1. The molecule has 1 aromatic heterocycles. The van der Waals surface area contributed by atoms with Gasteiger partial charge in [0.05, 0.1) is 7.05 Å². The van der Waals surface area contributed by atoms with Crippen molar-refractivity contribution in [3.05, 3.63) is 89.6 Å². The van der Waals surface area contributed by atoms with Gasteiger partial charge in [-0.25, -0.2) is 4.39 Å². The van der Waals surface area contributed by atoms with Crippen LogP contribution < -0.4 is 10.2 Å². The van der Waals surface area contributed by atoms with Gasteiger partial charge >= 0.3 is 0 Å². The van der Waals surface area contributed by atoms with Crippen molar-refractivity contribution in [2.24, 2.45) is 0 Å². The molecule has 3 rings (SSSR count). The van der Waals surface area contributed by atoms with Crippen molar-refractivity contribution in [3.63, 3.8) is 0 Å². The number of carbonyl (C=O) groups is 1. The minimum Gasteiger partial charge on any atom is -0.460 e. The van der Waals surface area contributed by atoms with E-state index in [1.165, 1.54) is 12.1 Å². The second-order valence-electron chi connectivity index (χ2n) is 6.38. The van der Waals surface area contributed by atoms with Gasteiger partial charge in [0.1, 0.15) is 18.1 Å². The van der Waals surface area contributed by atoms with Crippen LogP contribution in [-0.4, -0.2) is 13.0 Å². The maximum atomic E-state index is 13.1. The zero-order chi connectivity index (χ0) is 18.5. The molecule has 0 aliphatic carbocycles. The van der Waals surface area contributed by atoms with Gasteiger partial charge in [-0.15, -0.1) is 0 Å². The molecule has 134 valence electrons.